The quantitative estimate of drug-likeness (QED) is 0.580. The minimum atomic E-state index is -0.153. The van der Waals surface area contributed by atoms with Crippen LogP contribution < -0.4 is 10.1 Å². The zero-order chi connectivity index (χ0) is 21.8. The highest BCUT2D eigenvalue weighted by Crippen LogP contribution is 2.28. The molecule has 164 valence electrons. The zero-order valence-corrected chi connectivity index (χ0v) is 18.7. The van der Waals surface area contributed by atoms with Crippen LogP contribution in [0.25, 0.3) is 11.0 Å². The van der Waals surface area contributed by atoms with Crippen LogP contribution in [0.4, 0.5) is 0 Å². The largest absolute Gasteiger partial charge is 0.497 e. The van der Waals surface area contributed by atoms with Crippen molar-refractivity contribution in [2.24, 2.45) is 0 Å². The molecule has 0 aliphatic carbocycles. The van der Waals surface area contributed by atoms with Crippen LogP contribution in [0, 0.1) is 13.8 Å². The number of hydrogen-bond acceptors (Lipinski definition) is 4. The van der Waals surface area contributed by atoms with E-state index in [0.29, 0.717) is 12.3 Å². The van der Waals surface area contributed by atoms with Gasteiger partial charge in [0.05, 0.1) is 13.2 Å². The van der Waals surface area contributed by atoms with E-state index in [0.717, 1.165) is 40.9 Å². The summed E-state index contributed by atoms with van der Waals surface area (Å²) >= 11 is 0. The lowest BCUT2D eigenvalue weighted by Gasteiger charge is -2.31. The number of aryl methyl sites for hydroxylation is 2. The molecule has 1 saturated heterocycles. The molecule has 0 unspecified atom stereocenters. The Labute approximate surface area is 184 Å². The first-order chi connectivity index (χ1) is 15.1. The Morgan fingerprint density at radius 3 is 2.45 bits per heavy atom. The Morgan fingerprint density at radius 1 is 1.06 bits per heavy atom. The minimum absolute atomic E-state index is 0.125. The standard InChI is InChI=1S/C26H32N2O3/c1-18-8-13-24-22(16-18)19(2)25(31-24)26(29)27-17-23(28-14-6-4-5-7-15-28)20-9-11-21(30-3)12-10-20/h8-13,16,23H,4-7,14-15,17H2,1-3H3,(H,27,29)/t23-/m1/s1. The van der Waals surface area contributed by atoms with Gasteiger partial charge in [0.25, 0.3) is 5.91 Å². The molecule has 2 heterocycles. The Morgan fingerprint density at radius 2 is 1.77 bits per heavy atom. The number of nitrogens with one attached hydrogen (secondary N) is 1. The first-order valence-electron chi connectivity index (χ1n) is 11.2. The molecule has 1 atom stereocenters. The van der Waals surface area contributed by atoms with Crippen LogP contribution >= 0.6 is 0 Å². The number of rotatable bonds is 6. The van der Waals surface area contributed by atoms with E-state index in [9.17, 15) is 4.79 Å². The summed E-state index contributed by atoms with van der Waals surface area (Å²) in [5.74, 6) is 1.10. The molecule has 1 aliphatic heterocycles. The summed E-state index contributed by atoms with van der Waals surface area (Å²) in [6, 6.07) is 14.3. The molecule has 1 N–H and O–H groups in total. The van der Waals surface area contributed by atoms with E-state index in [-0.39, 0.29) is 11.9 Å². The second-order valence-electron chi connectivity index (χ2n) is 8.50. The number of amides is 1. The van der Waals surface area contributed by atoms with Crippen molar-refractivity contribution < 1.29 is 13.9 Å². The number of fused-ring (bicyclic) bond motifs is 1. The Bertz CT molecular complexity index is 1030. The van der Waals surface area contributed by atoms with Crippen molar-refractivity contribution in [3.05, 3.63) is 64.9 Å². The third-order valence-electron chi connectivity index (χ3n) is 6.34. The molecule has 5 heteroatoms. The minimum Gasteiger partial charge on any atom is -0.497 e. The molecule has 0 radical (unpaired) electrons. The normalized spacial score (nSPS) is 16.1. The van der Waals surface area contributed by atoms with E-state index in [1.54, 1.807) is 7.11 Å². The predicted octanol–water partition coefficient (Wildman–Crippen LogP) is 5.41. The number of likely N-dealkylation sites (tertiary alicyclic amines) is 1. The Kier molecular flexibility index (Phi) is 6.62. The molecule has 1 aliphatic rings. The van der Waals surface area contributed by atoms with Crippen LogP contribution in [-0.4, -0.2) is 37.6 Å². The molecule has 3 aromatic rings. The molecule has 5 nitrogen and oxygen atoms in total. The van der Waals surface area contributed by atoms with Crippen LogP contribution in [0.5, 0.6) is 5.75 Å². The molecule has 0 bridgehead atoms. The lowest BCUT2D eigenvalue weighted by atomic mass is 10.0. The molecule has 1 fully saturated rings. The average Bonchev–Trinajstić information content (AvgIpc) is 2.95. The number of ether oxygens (including phenoxy) is 1. The smallest absolute Gasteiger partial charge is 0.287 e. The van der Waals surface area contributed by atoms with Gasteiger partial charge in [-0.05, 0) is 69.6 Å². The topological polar surface area (TPSA) is 54.7 Å². The second-order valence-corrected chi connectivity index (χ2v) is 8.50. The fraction of sp³-hybridized carbons (Fsp3) is 0.423. The van der Waals surface area contributed by atoms with Crippen molar-refractivity contribution in [3.8, 4) is 5.75 Å². The lowest BCUT2D eigenvalue weighted by molar-refractivity contribution is 0.0907. The Hall–Kier alpha value is -2.79. The number of hydrogen-bond donors (Lipinski definition) is 1. The SMILES string of the molecule is COc1ccc([C@@H](CNC(=O)c2oc3ccc(C)cc3c2C)N2CCCCCC2)cc1. The van der Waals surface area contributed by atoms with Crippen molar-refractivity contribution in [2.45, 2.75) is 45.6 Å². The highest BCUT2D eigenvalue weighted by atomic mass is 16.5. The van der Waals surface area contributed by atoms with Gasteiger partial charge in [-0.1, -0.05) is 36.6 Å². The number of furan rings is 1. The zero-order valence-electron chi connectivity index (χ0n) is 18.7. The van der Waals surface area contributed by atoms with Crippen molar-refractivity contribution in [2.75, 3.05) is 26.7 Å². The molecule has 1 aromatic heterocycles. The van der Waals surface area contributed by atoms with Crippen LogP contribution in [0.1, 0.15) is 59.0 Å². The van der Waals surface area contributed by atoms with E-state index >= 15 is 0 Å². The molecule has 4 rings (SSSR count). The number of methoxy groups -OCH3 is 1. The van der Waals surface area contributed by atoms with Crippen molar-refractivity contribution in [1.29, 1.82) is 0 Å². The van der Waals surface area contributed by atoms with Crippen molar-refractivity contribution in [3.63, 3.8) is 0 Å². The number of carbonyl (C=O) groups is 1. The Balaban J connectivity index is 1.55. The molecule has 0 spiro atoms. The maximum Gasteiger partial charge on any atom is 0.287 e. The van der Waals surface area contributed by atoms with Gasteiger partial charge in [-0.15, -0.1) is 0 Å². The first kappa shape index (κ1) is 21.4. The van der Waals surface area contributed by atoms with Crippen molar-refractivity contribution in [1.82, 2.24) is 10.2 Å². The van der Waals surface area contributed by atoms with Gasteiger partial charge in [-0.3, -0.25) is 9.69 Å². The third kappa shape index (κ3) is 4.77. The molecular formula is C26H32N2O3. The summed E-state index contributed by atoms with van der Waals surface area (Å²) in [5.41, 5.74) is 4.00. The highest BCUT2D eigenvalue weighted by molar-refractivity contribution is 5.99. The van der Waals surface area contributed by atoms with Crippen LogP contribution in [0.2, 0.25) is 0 Å². The summed E-state index contributed by atoms with van der Waals surface area (Å²) in [6.07, 6.45) is 4.94. The monoisotopic (exact) mass is 420 g/mol. The summed E-state index contributed by atoms with van der Waals surface area (Å²) < 4.78 is 11.2. The summed E-state index contributed by atoms with van der Waals surface area (Å²) in [6.45, 7) is 6.65. The maximum atomic E-state index is 13.1. The fourth-order valence-electron chi connectivity index (χ4n) is 4.51. The summed E-state index contributed by atoms with van der Waals surface area (Å²) in [7, 11) is 1.68. The third-order valence-corrected chi connectivity index (χ3v) is 6.34. The van der Waals surface area contributed by atoms with Gasteiger partial charge in [0, 0.05) is 17.5 Å². The van der Waals surface area contributed by atoms with E-state index in [1.165, 1.54) is 31.2 Å². The van der Waals surface area contributed by atoms with Crippen LogP contribution in [-0.2, 0) is 0 Å². The highest BCUT2D eigenvalue weighted by Gasteiger charge is 2.24. The maximum absolute atomic E-state index is 13.1. The number of carbonyl (C=O) groups excluding carboxylic acids is 1. The average molecular weight is 421 g/mol. The second kappa shape index (κ2) is 9.56. The van der Waals surface area contributed by atoms with E-state index in [2.05, 4.69) is 28.4 Å². The number of nitrogens with zero attached hydrogens (tertiary/aromatic N) is 1. The van der Waals surface area contributed by atoms with Crippen LogP contribution in [0.15, 0.2) is 46.9 Å². The van der Waals surface area contributed by atoms with Gasteiger partial charge in [0.2, 0.25) is 0 Å². The summed E-state index contributed by atoms with van der Waals surface area (Å²) in [4.78, 5) is 15.6. The molecule has 0 saturated carbocycles. The molecule has 31 heavy (non-hydrogen) atoms. The molecule has 2 aromatic carbocycles. The fourth-order valence-corrected chi connectivity index (χ4v) is 4.51. The van der Waals surface area contributed by atoms with Gasteiger partial charge < -0.3 is 14.5 Å². The lowest BCUT2D eigenvalue weighted by Crippen LogP contribution is -2.38. The predicted molar refractivity (Wildman–Crippen MR) is 124 cm³/mol. The van der Waals surface area contributed by atoms with Gasteiger partial charge in [-0.25, -0.2) is 0 Å². The van der Waals surface area contributed by atoms with Crippen LogP contribution in [0.3, 0.4) is 0 Å². The number of benzene rings is 2. The van der Waals surface area contributed by atoms with E-state index in [1.807, 2.05) is 38.1 Å². The summed E-state index contributed by atoms with van der Waals surface area (Å²) in [5, 5.41) is 4.16. The van der Waals surface area contributed by atoms with E-state index in [4.69, 9.17) is 9.15 Å². The van der Waals surface area contributed by atoms with E-state index < -0.39 is 0 Å². The molecule has 1 amide bonds. The first-order valence-corrected chi connectivity index (χ1v) is 11.2. The van der Waals surface area contributed by atoms with Gasteiger partial charge >= 0.3 is 0 Å². The van der Waals surface area contributed by atoms with Gasteiger partial charge in [-0.2, -0.15) is 0 Å². The van der Waals surface area contributed by atoms with Crippen molar-refractivity contribution >= 4 is 16.9 Å². The van der Waals surface area contributed by atoms with Gasteiger partial charge in [0.15, 0.2) is 5.76 Å². The van der Waals surface area contributed by atoms with Gasteiger partial charge in [0.1, 0.15) is 11.3 Å². The molecular weight excluding hydrogens is 388 g/mol.